The summed E-state index contributed by atoms with van der Waals surface area (Å²) in [4.78, 5) is 13.6. The molecular formula is C37H42NO4PSi. The van der Waals surface area contributed by atoms with E-state index in [0.29, 0.717) is 23.8 Å². The Morgan fingerprint density at radius 3 is 1.77 bits per heavy atom. The normalized spacial score (nSPS) is 12.1. The molecule has 0 fully saturated rings. The van der Waals surface area contributed by atoms with Gasteiger partial charge in [-0.2, -0.15) is 0 Å². The summed E-state index contributed by atoms with van der Waals surface area (Å²) in [5.74, 6) is 1.13. The van der Waals surface area contributed by atoms with E-state index in [1.165, 1.54) is 15.9 Å². The molecule has 0 radical (unpaired) electrons. The van der Waals surface area contributed by atoms with Gasteiger partial charge in [-0.25, -0.2) is 0 Å². The third-order valence-corrected chi connectivity index (χ3v) is 14.6. The van der Waals surface area contributed by atoms with Crippen molar-refractivity contribution in [3.63, 3.8) is 0 Å². The van der Waals surface area contributed by atoms with Crippen molar-refractivity contribution in [2.45, 2.75) is 31.8 Å². The predicted molar refractivity (Wildman–Crippen MR) is 188 cm³/mol. The number of methoxy groups -OCH3 is 1. The molecule has 0 saturated heterocycles. The van der Waals surface area contributed by atoms with Crippen LogP contribution < -0.4 is 30.9 Å². The zero-order chi connectivity index (χ0) is 31.0. The third-order valence-electron chi connectivity index (χ3n) is 7.97. The molecule has 0 unspecified atom stereocenters. The second-order valence-corrected chi connectivity index (χ2v) is 21.8. The number of hydrogen-bond donors (Lipinski definition) is 0. The molecule has 0 spiro atoms. The standard InChI is InChI=1S/C37H42NO4PSi/c1-40-36-27-31(20-21-35(36)42-29-41-24-25-44(2,3)4)38-23-22-30(26-37(38)39)28-43(32-14-8-5-9-15-32,33-16-10-6-11-17-33)34-18-12-7-13-19-34/h5-23,26-27,43H,24-25,28-29H2,1-4H3. The molecule has 5 nitrogen and oxygen atoms in total. The van der Waals surface area contributed by atoms with Gasteiger partial charge in [-0.05, 0) is 6.04 Å². The summed E-state index contributed by atoms with van der Waals surface area (Å²) in [5.41, 5.74) is 1.63. The topological polar surface area (TPSA) is 49.7 Å². The maximum atomic E-state index is 13.6. The smallest absolute Gasteiger partial charge is 0.0695 e. The van der Waals surface area contributed by atoms with Gasteiger partial charge in [-0.15, -0.1) is 0 Å². The van der Waals surface area contributed by atoms with Crippen molar-refractivity contribution in [3.8, 4) is 17.2 Å². The van der Waals surface area contributed by atoms with Crippen LogP contribution in [0.3, 0.4) is 0 Å². The average Bonchev–Trinajstić information content (AvgIpc) is 3.04. The molecule has 5 aromatic rings. The first-order valence-electron chi connectivity index (χ1n) is 15.1. The van der Waals surface area contributed by atoms with Gasteiger partial charge in [0.2, 0.25) is 0 Å². The SMILES string of the molecule is COc1cc(-n2ccc(C[PH](c3ccccc3)(c3ccccc3)c3ccccc3)cc2=O)ccc1OCOCC[Si](C)(C)C. The molecule has 0 bridgehead atoms. The Bertz CT molecular complexity index is 1610. The summed E-state index contributed by atoms with van der Waals surface area (Å²) in [6.45, 7) is 7.80. The molecule has 0 aliphatic carbocycles. The van der Waals surface area contributed by atoms with Crippen LogP contribution in [0.1, 0.15) is 5.56 Å². The van der Waals surface area contributed by atoms with E-state index >= 15 is 0 Å². The zero-order valence-corrected chi connectivity index (χ0v) is 28.0. The van der Waals surface area contributed by atoms with Crippen LogP contribution in [0, 0.1) is 0 Å². The average molecular weight is 624 g/mol. The van der Waals surface area contributed by atoms with Crippen molar-refractivity contribution in [1.82, 2.24) is 4.57 Å². The Morgan fingerprint density at radius 2 is 1.27 bits per heavy atom. The van der Waals surface area contributed by atoms with E-state index in [1.807, 2.05) is 24.4 Å². The number of nitrogens with zero attached hydrogens (tertiary/aromatic N) is 1. The summed E-state index contributed by atoms with van der Waals surface area (Å²) in [6, 6.07) is 42.7. The molecule has 0 aliphatic heterocycles. The molecule has 228 valence electrons. The van der Waals surface area contributed by atoms with Gasteiger partial charge in [-0.1, -0.05) is 19.6 Å². The van der Waals surface area contributed by atoms with Crippen LogP contribution in [0.4, 0.5) is 0 Å². The van der Waals surface area contributed by atoms with Crippen LogP contribution in [-0.2, 0) is 10.9 Å². The Labute approximate surface area is 262 Å². The summed E-state index contributed by atoms with van der Waals surface area (Å²) < 4.78 is 18.8. The van der Waals surface area contributed by atoms with Crippen LogP contribution in [0.15, 0.2) is 132 Å². The molecule has 44 heavy (non-hydrogen) atoms. The van der Waals surface area contributed by atoms with Crippen LogP contribution in [-0.4, -0.2) is 33.2 Å². The molecule has 7 heteroatoms. The Morgan fingerprint density at radius 1 is 0.705 bits per heavy atom. The van der Waals surface area contributed by atoms with E-state index in [4.69, 9.17) is 14.2 Å². The van der Waals surface area contributed by atoms with Crippen molar-refractivity contribution in [2.24, 2.45) is 0 Å². The van der Waals surface area contributed by atoms with Gasteiger partial charge in [0, 0.05) is 14.7 Å². The van der Waals surface area contributed by atoms with E-state index in [-0.39, 0.29) is 12.4 Å². The summed E-state index contributed by atoms with van der Waals surface area (Å²) in [7, 11) is -2.09. The minimum absolute atomic E-state index is 0.0926. The fraction of sp³-hybridized carbons (Fsp3) is 0.216. The molecular weight excluding hydrogens is 581 g/mol. The zero-order valence-electron chi connectivity index (χ0n) is 26.0. The number of benzene rings is 4. The molecule has 0 amide bonds. The number of aromatic nitrogens is 1. The monoisotopic (exact) mass is 623 g/mol. The molecule has 1 aromatic heterocycles. The summed E-state index contributed by atoms with van der Waals surface area (Å²) in [5, 5.41) is 3.93. The fourth-order valence-electron chi connectivity index (χ4n) is 5.59. The number of hydrogen-bond acceptors (Lipinski definition) is 4. The molecule has 5 rings (SSSR count). The first-order valence-corrected chi connectivity index (χ1v) is 21.0. The van der Waals surface area contributed by atoms with E-state index in [0.717, 1.165) is 17.8 Å². The van der Waals surface area contributed by atoms with Crippen molar-refractivity contribution in [2.75, 3.05) is 20.5 Å². The molecule has 0 N–H and O–H groups in total. The molecule has 0 saturated carbocycles. The summed E-state index contributed by atoms with van der Waals surface area (Å²) >= 11 is 0. The number of rotatable bonds is 13. The molecule has 1 heterocycles. The first-order chi connectivity index (χ1) is 21.3. The van der Waals surface area contributed by atoms with E-state index in [2.05, 4.69) is 117 Å². The number of pyridine rings is 1. The number of ether oxygens (including phenoxy) is 3. The third kappa shape index (κ3) is 7.39. The fourth-order valence-corrected chi connectivity index (χ4v) is 11.1. The van der Waals surface area contributed by atoms with Crippen molar-refractivity contribution >= 4 is 31.2 Å². The van der Waals surface area contributed by atoms with Crippen LogP contribution in [0.2, 0.25) is 25.7 Å². The van der Waals surface area contributed by atoms with Gasteiger partial charge in [0.15, 0.2) is 0 Å². The van der Waals surface area contributed by atoms with E-state index in [9.17, 15) is 4.79 Å². The minimum Gasteiger partial charge on any atom is -0.0695 e. The first kappa shape index (κ1) is 31.5. The maximum absolute atomic E-state index is 13.6. The molecule has 0 atom stereocenters. The van der Waals surface area contributed by atoms with Gasteiger partial charge in [0.1, 0.15) is 0 Å². The molecule has 4 aromatic carbocycles. The summed E-state index contributed by atoms with van der Waals surface area (Å²) in [6.07, 6.45) is 2.63. The van der Waals surface area contributed by atoms with Gasteiger partial charge in [0.05, 0.1) is 0 Å². The van der Waals surface area contributed by atoms with E-state index in [1.54, 1.807) is 17.7 Å². The van der Waals surface area contributed by atoms with Crippen molar-refractivity contribution < 1.29 is 14.2 Å². The van der Waals surface area contributed by atoms with Crippen LogP contribution >= 0.6 is 7.26 Å². The molecule has 0 aliphatic rings. The van der Waals surface area contributed by atoms with E-state index < -0.39 is 15.3 Å². The van der Waals surface area contributed by atoms with Gasteiger partial charge in [0.25, 0.3) is 0 Å². The van der Waals surface area contributed by atoms with Crippen LogP contribution in [0.5, 0.6) is 11.5 Å². The van der Waals surface area contributed by atoms with Crippen molar-refractivity contribution in [1.29, 1.82) is 0 Å². The minimum atomic E-state index is -2.53. The van der Waals surface area contributed by atoms with Gasteiger partial charge >= 0.3 is 223 Å². The Kier molecular flexibility index (Phi) is 10.2. The van der Waals surface area contributed by atoms with Crippen molar-refractivity contribution in [3.05, 3.63) is 143 Å². The Balaban J connectivity index is 1.45. The quantitative estimate of drug-likeness (QED) is 0.0629. The van der Waals surface area contributed by atoms with Gasteiger partial charge in [-0.3, -0.25) is 0 Å². The van der Waals surface area contributed by atoms with Gasteiger partial charge < -0.3 is 0 Å². The second kappa shape index (κ2) is 14.2. The second-order valence-electron chi connectivity index (χ2n) is 12.2. The van der Waals surface area contributed by atoms with Crippen LogP contribution in [0.25, 0.3) is 5.69 Å². The predicted octanol–water partition coefficient (Wildman–Crippen LogP) is 6.76. The Hall–Kier alpha value is -3.96.